The summed E-state index contributed by atoms with van der Waals surface area (Å²) in [6.07, 6.45) is 2.12. The number of thioether (sulfide) groups is 1. The van der Waals surface area contributed by atoms with E-state index in [2.05, 4.69) is 56.3 Å². The first-order valence-electron chi connectivity index (χ1n) is 3.60. The molecule has 0 aliphatic rings. The molecule has 0 aliphatic heterocycles. The van der Waals surface area contributed by atoms with Crippen molar-refractivity contribution in [2.45, 2.75) is 11.1 Å². The lowest BCUT2D eigenvalue weighted by molar-refractivity contribution is 1.32. The second-order valence-electron chi connectivity index (χ2n) is 2.49. The van der Waals surface area contributed by atoms with Crippen LogP contribution in [0, 0.1) is 0 Å². The average molecular weight is 310 g/mol. The van der Waals surface area contributed by atoms with Crippen molar-refractivity contribution < 1.29 is 0 Å². The van der Waals surface area contributed by atoms with Gasteiger partial charge in [0, 0.05) is 15.6 Å². The minimum absolute atomic E-state index is 0.913. The summed E-state index contributed by atoms with van der Waals surface area (Å²) in [6, 6.07) is 6.50. The van der Waals surface area contributed by atoms with Crippen LogP contribution < -0.4 is 0 Å². The van der Waals surface area contributed by atoms with Crippen molar-refractivity contribution in [3.8, 4) is 0 Å². The first kappa shape index (κ1) is 10.6. The Hall–Kier alpha value is 0.530. The lowest BCUT2D eigenvalue weighted by atomic mass is 10.2. The fourth-order valence-electron chi connectivity index (χ4n) is 0.987. The van der Waals surface area contributed by atoms with Gasteiger partial charge in [-0.25, -0.2) is 0 Å². The zero-order chi connectivity index (χ0) is 8.97. The van der Waals surface area contributed by atoms with Gasteiger partial charge < -0.3 is 0 Å². The summed E-state index contributed by atoms with van der Waals surface area (Å²) in [5.41, 5.74) is 2.71. The molecule has 12 heavy (non-hydrogen) atoms. The van der Waals surface area contributed by atoms with E-state index in [1.165, 1.54) is 15.6 Å². The smallest absolute Gasteiger partial charge is 0.0294 e. The van der Waals surface area contributed by atoms with Gasteiger partial charge in [0.15, 0.2) is 0 Å². The predicted octanol–water partition coefficient (Wildman–Crippen LogP) is 4.21. The number of benzene rings is 1. The highest BCUT2D eigenvalue weighted by Gasteiger charge is 1.99. The van der Waals surface area contributed by atoms with E-state index in [0.717, 1.165) is 11.1 Å². The molecule has 1 aromatic carbocycles. The van der Waals surface area contributed by atoms with Crippen molar-refractivity contribution in [2.75, 3.05) is 6.26 Å². The minimum Gasteiger partial charge on any atom is -0.161 e. The Morgan fingerprint density at radius 1 is 1.42 bits per heavy atom. The van der Waals surface area contributed by atoms with Crippen molar-refractivity contribution in [1.82, 2.24) is 0 Å². The minimum atomic E-state index is 0.913. The molecule has 0 saturated heterocycles. The highest BCUT2D eigenvalue weighted by atomic mass is 79.9. The van der Waals surface area contributed by atoms with Crippen LogP contribution in [0.5, 0.6) is 0 Å². The van der Waals surface area contributed by atoms with E-state index in [4.69, 9.17) is 0 Å². The van der Waals surface area contributed by atoms with Crippen molar-refractivity contribution in [3.05, 3.63) is 33.8 Å². The van der Waals surface area contributed by atoms with Crippen LogP contribution in [0.15, 0.2) is 22.7 Å². The van der Waals surface area contributed by atoms with Gasteiger partial charge in [0.2, 0.25) is 0 Å². The molecule has 66 valence electrons. The lowest BCUT2D eigenvalue weighted by Crippen LogP contribution is -1.85. The third kappa shape index (κ3) is 2.79. The Kier molecular flexibility index (Phi) is 4.69. The van der Waals surface area contributed by atoms with E-state index in [9.17, 15) is 0 Å². The third-order valence-electron chi connectivity index (χ3n) is 1.57. The summed E-state index contributed by atoms with van der Waals surface area (Å²) < 4.78 is 1.18. The molecule has 0 spiro atoms. The Bertz CT molecular complexity index is 261. The average Bonchev–Trinajstić information content (AvgIpc) is 2.09. The van der Waals surface area contributed by atoms with E-state index < -0.39 is 0 Å². The summed E-state index contributed by atoms with van der Waals surface area (Å²) in [7, 11) is 0. The molecule has 1 aromatic rings. The number of rotatable bonds is 3. The summed E-state index contributed by atoms with van der Waals surface area (Å²) >= 11 is 8.81. The quantitative estimate of drug-likeness (QED) is 0.754. The molecule has 0 saturated carbocycles. The molecular formula is C9H10Br2S. The first-order chi connectivity index (χ1) is 5.77. The van der Waals surface area contributed by atoms with E-state index >= 15 is 0 Å². The topological polar surface area (TPSA) is 0 Å². The van der Waals surface area contributed by atoms with Gasteiger partial charge in [0.25, 0.3) is 0 Å². The van der Waals surface area contributed by atoms with Crippen molar-refractivity contribution >= 4 is 43.6 Å². The summed E-state index contributed by atoms with van der Waals surface area (Å²) in [6.45, 7) is 0. The molecule has 0 nitrogen and oxygen atoms in total. The molecule has 1 rings (SSSR count). The van der Waals surface area contributed by atoms with Crippen LogP contribution in [-0.2, 0) is 11.1 Å². The molecule has 0 atom stereocenters. The van der Waals surface area contributed by atoms with E-state index in [0.29, 0.717) is 0 Å². The Morgan fingerprint density at radius 2 is 2.17 bits per heavy atom. The van der Waals surface area contributed by atoms with Gasteiger partial charge in [-0.3, -0.25) is 0 Å². The SMILES string of the molecule is CSCc1ccc(Br)c(CBr)c1. The predicted molar refractivity (Wildman–Crippen MR) is 64.0 cm³/mol. The van der Waals surface area contributed by atoms with E-state index in [1.54, 1.807) is 0 Å². The molecule has 0 amide bonds. The normalized spacial score (nSPS) is 10.2. The maximum Gasteiger partial charge on any atom is 0.0294 e. The van der Waals surface area contributed by atoms with Gasteiger partial charge in [-0.05, 0) is 23.4 Å². The van der Waals surface area contributed by atoms with Crippen LogP contribution in [0.25, 0.3) is 0 Å². The molecule has 0 unspecified atom stereocenters. The van der Waals surface area contributed by atoms with Gasteiger partial charge in [0.1, 0.15) is 0 Å². The monoisotopic (exact) mass is 308 g/mol. The Balaban J connectivity index is 2.89. The zero-order valence-electron chi connectivity index (χ0n) is 6.81. The highest BCUT2D eigenvalue weighted by molar-refractivity contribution is 9.10. The van der Waals surface area contributed by atoms with Crippen molar-refractivity contribution in [1.29, 1.82) is 0 Å². The highest BCUT2D eigenvalue weighted by Crippen LogP contribution is 2.22. The summed E-state index contributed by atoms with van der Waals surface area (Å²) in [5.74, 6) is 1.09. The van der Waals surface area contributed by atoms with E-state index in [-0.39, 0.29) is 0 Å². The molecule has 0 N–H and O–H groups in total. The fraction of sp³-hybridized carbons (Fsp3) is 0.333. The molecule has 0 aliphatic carbocycles. The van der Waals surface area contributed by atoms with Gasteiger partial charge in [-0.15, -0.1) is 0 Å². The van der Waals surface area contributed by atoms with Crippen molar-refractivity contribution in [3.63, 3.8) is 0 Å². The van der Waals surface area contributed by atoms with Crippen LogP contribution in [0.2, 0.25) is 0 Å². The maximum absolute atomic E-state index is 3.50. The molecule has 0 aromatic heterocycles. The van der Waals surface area contributed by atoms with Crippen LogP contribution in [0.3, 0.4) is 0 Å². The number of hydrogen-bond acceptors (Lipinski definition) is 1. The second-order valence-corrected chi connectivity index (χ2v) is 4.77. The molecule has 0 fully saturated rings. The van der Waals surface area contributed by atoms with Gasteiger partial charge in [0.05, 0.1) is 0 Å². The molecule has 0 bridgehead atoms. The molecular weight excluding hydrogens is 300 g/mol. The molecule has 3 heteroatoms. The first-order valence-corrected chi connectivity index (χ1v) is 6.91. The number of alkyl halides is 1. The third-order valence-corrected chi connectivity index (χ3v) is 3.56. The van der Waals surface area contributed by atoms with Gasteiger partial charge in [-0.2, -0.15) is 11.8 Å². The standard InChI is InChI=1S/C9H10Br2S/c1-12-6-7-2-3-9(11)8(4-7)5-10/h2-4H,5-6H2,1H3. The molecule has 0 radical (unpaired) electrons. The zero-order valence-corrected chi connectivity index (χ0v) is 10.8. The van der Waals surface area contributed by atoms with Crippen LogP contribution in [0.4, 0.5) is 0 Å². The van der Waals surface area contributed by atoms with E-state index in [1.807, 2.05) is 11.8 Å². The summed E-state index contributed by atoms with van der Waals surface area (Å²) in [4.78, 5) is 0. The van der Waals surface area contributed by atoms with Crippen LogP contribution >= 0.6 is 43.6 Å². The summed E-state index contributed by atoms with van der Waals surface area (Å²) in [5, 5.41) is 0.913. The Morgan fingerprint density at radius 3 is 2.75 bits per heavy atom. The second kappa shape index (κ2) is 5.30. The number of halogens is 2. The fourth-order valence-corrected chi connectivity index (χ4v) is 2.73. The van der Waals surface area contributed by atoms with Crippen molar-refractivity contribution in [2.24, 2.45) is 0 Å². The Labute approximate surface area is 94.4 Å². The van der Waals surface area contributed by atoms with Gasteiger partial charge in [-0.1, -0.05) is 44.0 Å². The maximum atomic E-state index is 3.50. The lowest BCUT2D eigenvalue weighted by Gasteiger charge is -2.03. The van der Waals surface area contributed by atoms with Crippen LogP contribution in [-0.4, -0.2) is 6.26 Å². The molecule has 0 heterocycles. The number of hydrogen-bond donors (Lipinski definition) is 0. The van der Waals surface area contributed by atoms with Gasteiger partial charge >= 0.3 is 0 Å². The largest absolute Gasteiger partial charge is 0.161 e. The van der Waals surface area contributed by atoms with Crippen LogP contribution in [0.1, 0.15) is 11.1 Å².